The van der Waals surface area contributed by atoms with Crippen LogP contribution in [0.15, 0.2) is 72.8 Å². The zero-order valence-corrected chi connectivity index (χ0v) is 23.8. The van der Waals surface area contributed by atoms with Gasteiger partial charge in [-0.25, -0.2) is 13.9 Å². The molecule has 0 aliphatic heterocycles. The van der Waals surface area contributed by atoms with Crippen LogP contribution in [-0.4, -0.2) is 61.5 Å². The number of hydrogen-bond acceptors (Lipinski definition) is 6. The highest BCUT2D eigenvalue weighted by atomic mass is 19.1. The fraction of sp³-hybridized carbons (Fsp3) is 0.355. The third-order valence-electron chi connectivity index (χ3n) is 7.02. The maximum atomic E-state index is 13.3. The van der Waals surface area contributed by atoms with Gasteiger partial charge in [-0.2, -0.15) is 0 Å². The number of amides is 2. The standard InChI is InChI=1S/C31H38FN7O2/c1-4-23-17-26(30-35-36-37-38(30)3)19-28(18-23)34-31(41)33-22(2)29(40)21-39(20-25-9-6-5-7-10-25)16-8-11-24-12-14-27(32)15-13-24/h5-7,9-10,12-15,17-19,22,29,40H,4,8,11,16,20-21H2,1-3H3,(H2,33,34,41)/t22-,29+/m1/s1. The van der Waals surface area contributed by atoms with Gasteiger partial charge < -0.3 is 15.7 Å². The van der Waals surface area contributed by atoms with Crippen molar-refractivity contribution in [2.75, 3.05) is 18.4 Å². The van der Waals surface area contributed by atoms with Crippen LogP contribution in [0.1, 0.15) is 37.0 Å². The lowest BCUT2D eigenvalue weighted by Gasteiger charge is -2.28. The van der Waals surface area contributed by atoms with E-state index in [9.17, 15) is 14.3 Å². The minimum atomic E-state index is -0.794. The van der Waals surface area contributed by atoms with Crippen molar-refractivity contribution in [3.63, 3.8) is 0 Å². The van der Waals surface area contributed by atoms with Crippen LogP contribution in [0.2, 0.25) is 0 Å². The molecular formula is C31H38FN7O2. The molecule has 0 saturated carbocycles. The number of anilines is 1. The van der Waals surface area contributed by atoms with Gasteiger partial charge in [0.2, 0.25) is 0 Å². The number of halogens is 1. The minimum Gasteiger partial charge on any atom is -0.390 e. The van der Waals surface area contributed by atoms with Gasteiger partial charge in [0.05, 0.1) is 12.1 Å². The number of aliphatic hydroxyl groups is 1. The predicted octanol–water partition coefficient (Wildman–Crippen LogP) is 4.58. The van der Waals surface area contributed by atoms with E-state index < -0.39 is 18.2 Å². The van der Waals surface area contributed by atoms with Crippen molar-refractivity contribution in [3.05, 3.63) is 95.3 Å². The fourth-order valence-electron chi connectivity index (χ4n) is 4.70. The molecule has 2 amide bonds. The Morgan fingerprint density at radius 1 is 1.05 bits per heavy atom. The van der Waals surface area contributed by atoms with Crippen LogP contribution < -0.4 is 10.6 Å². The number of hydrogen-bond donors (Lipinski definition) is 3. The maximum absolute atomic E-state index is 13.3. The van der Waals surface area contributed by atoms with E-state index in [1.807, 2.05) is 43.3 Å². The number of benzene rings is 3. The maximum Gasteiger partial charge on any atom is 0.319 e. The monoisotopic (exact) mass is 559 g/mol. The molecule has 0 bridgehead atoms. The molecule has 10 heteroatoms. The predicted molar refractivity (Wildman–Crippen MR) is 158 cm³/mol. The van der Waals surface area contributed by atoms with E-state index in [2.05, 4.69) is 43.2 Å². The number of rotatable bonds is 13. The summed E-state index contributed by atoms with van der Waals surface area (Å²) in [7, 11) is 1.76. The van der Waals surface area contributed by atoms with Gasteiger partial charge in [-0.3, -0.25) is 4.90 Å². The van der Waals surface area contributed by atoms with Crippen molar-refractivity contribution in [3.8, 4) is 11.4 Å². The number of carbonyl (C=O) groups is 1. The molecule has 41 heavy (non-hydrogen) atoms. The van der Waals surface area contributed by atoms with Gasteiger partial charge in [0.15, 0.2) is 5.82 Å². The summed E-state index contributed by atoms with van der Waals surface area (Å²) in [5.41, 5.74) is 4.67. The van der Waals surface area contributed by atoms with E-state index in [0.29, 0.717) is 24.6 Å². The smallest absolute Gasteiger partial charge is 0.319 e. The lowest BCUT2D eigenvalue weighted by Crippen LogP contribution is -2.48. The zero-order chi connectivity index (χ0) is 29.2. The largest absolute Gasteiger partial charge is 0.390 e. The van der Waals surface area contributed by atoms with Crippen molar-refractivity contribution in [1.29, 1.82) is 0 Å². The highest BCUT2D eigenvalue weighted by molar-refractivity contribution is 5.90. The second-order valence-corrected chi connectivity index (χ2v) is 10.3. The van der Waals surface area contributed by atoms with Crippen LogP contribution in [0, 0.1) is 5.82 Å². The second kappa shape index (κ2) is 14.5. The Kier molecular flexibility index (Phi) is 10.5. The molecule has 9 nitrogen and oxygen atoms in total. The van der Waals surface area contributed by atoms with Crippen molar-refractivity contribution < 1.29 is 14.3 Å². The molecule has 0 aliphatic carbocycles. The number of aromatic nitrogens is 4. The van der Waals surface area contributed by atoms with Gasteiger partial charge in [-0.1, -0.05) is 49.4 Å². The summed E-state index contributed by atoms with van der Waals surface area (Å²) in [6, 6.07) is 21.5. The molecule has 0 spiro atoms. The lowest BCUT2D eigenvalue weighted by atomic mass is 10.1. The third kappa shape index (κ3) is 8.92. The first-order valence-corrected chi connectivity index (χ1v) is 13.9. The molecule has 216 valence electrons. The van der Waals surface area contributed by atoms with Crippen LogP contribution in [0.4, 0.5) is 14.9 Å². The van der Waals surface area contributed by atoms with Crippen LogP contribution in [-0.2, 0) is 26.4 Å². The van der Waals surface area contributed by atoms with Gasteiger partial charge in [0.1, 0.15) is 5.82 Å². The number of urea groups is 1. The number of aryl methyl sites for hydroxylation is 3. The number of aliphatic hydroxyl groups excluding tert-OH is 1. The first-order chi connectivity index (χ1) is 19.8. The van der Waals surface area contributed by atoms with Gasteiger partial charge >= 0.3 is 6.03 Å². The third-order valence-corrected chi connectivity index (χ3v) is 7.02. The van der Waals surface area contributed by atoms with E-state index in [1.165, 1.54) is 12.1 Å². The van der Waals surface area contributed by atoms with Crippen LogP contribution >= 0.6 is 0 Å². The summed E-state index contributed by atoms with van der Waals surface area (Å²) < 4.78 is 14.8. The van der Waals surface area contributed by atoms with E-state index in [1.54, 1.807) is 30.8 Å². The first kappa shape index (κ1) is 29.8. The molecule has 0 unspecified atom stereocenters. The molecular weight excluding hydrogens is 521 g/mol. The van der Waals surface area contributed by atoms with E-state index >= 15 is 0 Å². The molecule has 2 atom stereocenters. The summed E-state index contributed by atoms with van der Waals surface area (Å²) >= 11 is 0. The molecule has 1 aromatic heterocycles. The summed E-state index contributed by atoms with van der Waals surface area (Å²) in [6.07, 6.45) is 1.65. The summed E-state index contributed by atoms with van der Waals surface area (Å²) in [5.74, 6) is 0.361. The van der Waals surface area contributed by atoms with E-state index in [4.69, 9.17) is 0 Å². The number of nitrogens with one attached hydrogen (secondary N) is 2. The van der Waals surface area contributed by atoms with Gasteiger partial charge in [0.25, 0.3) is 0 Å². The summed E-state index contributed by atoms with van der Waals surface area (Å²) in [6.45, 7) is 5.63. The van der Waals surface area contributed by atoms with Crippen molar-refractivity contribution in [2.45, 2.75) is 51.8 Å². The molecule has 4 rings (SSSR count). The van der Waals surface area contributed by atoms with Crippen LogP contribution in [0.3, 0.4) is 0 Å². The van der Waals surface area contributed by atoms with Gasteiger partial charge in [-0.05, 0) is 90.2 Å². The molecule has 4 aromatic rings. The highest BCUT2D eigenvalue weighted by Crippen LogP contribution is 2.23. The van der Waals surface area contributed by atoms with Crippen molar-refractivity contribution in [2.24, 2.45) is 7.05 Å². The Morgan fingerprint density at radius 3 is 2.49 bits per heavy atom. The molecule has 0 aliphatic rings. The second-order valence-electron chi connectivity index (χ2n) is 10.3. The molecule has 0 radical (unpaired) electrons. The Bertz CT molecular complexity index is 1400. The average Bonchev–Trinajstić information content (AvgIpc) is 3.40. The molecule has 0 saturated heterocycles. The van der Waals surface area contributed by atoms with E-state index in [-0.39, 0.29) is 5.82 Å². The van der Waals surface area contributed by atoms with Gasteiger partial charge in [0, 0.05) is 31.4 Å². The number of nitrogens with zero attached hydrogens (tertiary/aromatic N) is 5. The Morgan fingerprint density at radius 2 is 1.80 bits per heavy atom. The quantitative estimate of drug-likeness (QED) is 0.221. The highest BCUT2D eigenvalue weighted by Gasteiger charge is 2.21. The summed E-state index contributed by atoms with van der Waals surface area (Å²) in [4.78, 5) is 15.1. The SMILES string of the molecule is CCc1cc(NC(=O)N[C@H](C)[C@@H](O)CN(CCCc2ccc(F)cc2)Cc2ccccc2)cc(-c2nnnn2C)c1. The Hall–Kier alpha value is -4.15. The normalized spacial score (nSPS) is 12.7. The molecule has 0 fully saturated rings. The first-order valence-electron chi connectivity index (χ1n) is 13.9. The van der Waals surface area contributed by atoms with Gasteiger partial charge in [-0.15, -0.1) is 5.10 Å². The lowest BCUT2D eigenvalue weighted by molar-refractivity contribution is 0.0836. The number of tetrazole rings is 1. The van der Waals surface area contributed by atoms with Crippen LogP contribution in [0.5, 0.6) is 0 Å². The average molecular weight is 560 g/mol. The Labute approximate surface area is 240 Å². The number of carbonyl (C=O) groups excluding carboxylic acids is 1. The van der Waals surface area contributed by atoms with Crippen molar-refractivity contribution >= 4 is 11.7 Å². The fourth-order valence-corrected chi connectivity index (χ4v) is 4.70. The zero-order valence-electron chi connectivity index (χ0n) is 23.8. The molecule has 1 heterocycles. The molecule has 3 aromatic carbocycles. The topological polar surface area (TPSA) is 108 Å². The molecule has 3 N–H and O–H groups in total. The Balaban J connectivity index is 1.35. The summed E-state index contributed by atoms with van der Waals surface area (Å²) in [5, 5.41) is 28.5. The minimum absolute atomic E-state index is 0.241. The van der Waals surface area contributed by atoms with E-state index in [0.717, 1.165) is 48.1 Å². The van der Waals surface area contributed by atoms with Crippen molar-refractivity contribution in [1.82, 2.24) is 30.4 Å². The van der Waals surface area contributed by atoms with Crippen LogP contribution in [0.25, 0.3) is 11.4 Å².